The number of nitrogens with zero attached hydrogens (tertiary/aromatic N) is 1. The average Bonchev–Trinajstić information content (AvgIpc) is 2.78. The van der Waals surface area contributed by atoms with Crippen LogP contribution < -0.4 is 5.32 Å². The summed E-state index contributed by atoms with van der Waals surface area (Å²) in [5.41, 5.74) is 1.15. The number of hydrogen-bond donors (Lipinski definition) is 2. The van der Waals surface area contributed by atoms with E-state index in [2.05, 4.69) is 36.2 Å². The molecule has 100 valence electrons. The summed E-state index contributed by atoms with van der Waals surface area (Å²) in [4.78, 5) is 11.4. The molecule has 0 spiro atoms. The molecule has 0 bridgehead atoms. The van der Waals surface area contributed by atoms with Crippen LogP contribution in [0.4, 0.5) is 5.82 Å². The van der Waals surface area contributed by atoms with Gasteiger partial charge in [-0.1, -0.05) is 29.8 Å². The molecule has 5 nitrogen and oxygen atoms in total. The number of carbonyl (C=O) groups excluding carboxylic acids is 1. The molecule has 0 aliphatic heterocycles. The quantitative estimate of drug-likeness (QED) is 0.836. The van der Waals surface area contributed by atoms with Crippen LogP contribution in [0.3, 0.4) is 0 Å². The zero-order valence-electron chi connectivity index (χ0n) is 10.0. The average molecular weight is 345 g/mol. The van der Waals surface area contributed by atoms with Crippen molar-refractivity contribution in [3.8, 4) is 0 Å². The number of nitrogens with one attached hydrogen (secondary N) is 2. The van der Waals surface area contributed by atoms with Gasteiger partial charge in [0.2, 0.25) is 0 Å². The minimum Gasteiger partial charge on any atom is -0.464 e. The number of H-pyrrole nitrogens is 1. The Kier molecular flexibility index (Phi) is 4.44. The van der Waals surface area contributed by atoms with Crippen LogP contribution in [0, 0.1) is 0 Å². The first-order valence-corrected chi connectivity index (χ1v) is 6.60. The monoisotopic (exact) mass is 343 g/mol. The van der Waals surface area contributed by atoms with E-state index >= 15 is 0 Å². The zero-order valence-corrected chi connectivity index (χ0v) is 12.4. The summed E-state index contributed by atoms with van der Waals surface area (Å²) in [5, 5.41) is 10.4. The number of hydrogen-bond acceptors (Lipinski definition) is 4. The predicted molar refractivity (Wildman–Crippen MR) is 76.4 cm³/mol. The Hall–Kier alpha value is -1.53. The van der Waals surface area contributed by atoms with E-state index in [0.717, 1.165) is 5.56 Å². The number of anilines is 1. The van der Waals surface area contributed by atoms with Crippen molar-refractivity contribution in [2.75, 3.05) is 12.4 Å². The maximum absolute atomic E-state index is 11.4. The van der Waals surface area contributed by atoms with Crippen LogP contribution in [0.1, 0.15) is 16.1 Å². The summed E-state index contributed by atoms with van der Waals surface area (Å²) in [7, 11) is 1.31. The van der Waals surface area contributed by atoms with Crippen molar-refractivity contribution in [3.05, 3.63) is 45.0 Å². The van der Waals surface area contributed by atoms with Crippen LogP contribution in [-0.4, -0.2) is 23.3 Å². The molecule has 1 aromatic heterocycles. The first kappa shape index (κ1) is 13.9. The lowest BCUT2D eigenvalue weighted by Crippen LogP contribution is -2.03. The van der Waals surface area contributed by atoms with E-state index < -0.39 is 5.97 Å². The van der Waals surface area contributed by atoms with Gasteiger partial charge in [-0.05, 0) is 27.6 Å². The van der Waals surface area contributed by atoms with Gasteiger partial charge >= 0.3 is 5.97 Å². The standard InChI is InChI=1S/C12H11BrClN3O2/c1-19-12(18)10-9(13)11(17-16-10)15-6-7-4-2-3-5-8(7)14/h2-5H,6H2,1H3,(H2,15,16,17). The van der Waals surface area contributed by atoms with E-state index in [1.54, 1.807) is 0 Å². The van der Waals surface area contributed by atoms with E-state index in [4.69, 9.17) is 11.6 Å². The third-order valence-electron chi connectivity index (χ3n) is 2.50. The molecule has 2 rings (SSSR count). The summed E-state index contributed by atoms with van der Waals surface area (Å²) < 4.78 is 5.15. The second kappa shape index (κ2) is 6.08. The lowest BCUT2D eigenvalue weighted by molar-refractivity contribution is 0.0593. The summed E-state index contributed by atoms with van der Waals surface area (Å²) in [6, 6.07) is 7.51. The molecule has 0 radical (unpaired) electrons. The highest BCUT2D eigenvalue weighted by Gasteiger charge is 2.17. The van der Waals surface area contributed by atoms with Crippen LogP contribution in [0.2, 0.25) is 5.02 Å². The molecule has 2 aromatic rings. The lowest BCUT2D eigenvalue weighted by Gasteiger charge is -2.06. The number of benzene rings is 1. The zero-order chi connectivity index (χ0) is 13.8. The minimum absolute atomic E-state index is 0.198. The maximum Gasteiger partial charge on any atom is 0.359 e. The number of esters is 1. The van der Waals surface area contributed by atoms with Gasteiger partial charge in [0.05, 0.1) is 11.6 Å². The van der Waals surface area contributed by atoms with Crippen molar-refractivity contribution in [2.24, 2.45) is 0 Å². The third kappa shape index (κ3) is 3.08. The van der Waals surface area contributed by atoms with Gasteiger partial charge in [0.25, 0.3) is 0 Å². The molecule has 0 amide bonds. The number of halogens is 2. The van der Waals surface area contributed by atoms with Gasteiger partial charge in [0.1, 0.15) is 5.82 Å². The Morgan fingerprint density at radius 3 is 2.95 bits per heavy atom. The smallest absolute Gasteiger partial charge is 0.359 e. The molecular formula is C12H11BrClN3O2. The highest BCUT2D eigenvalue weighted by molar-refractivity contribution is 9.10. The first-order chi connectivity index (χ1) is 9.13. The van der Waals surface area contributed by atoms with Gasteiger partial charge in [-0.15, -0.1) is 0 Å². The van der Waals surface area contributed by atoms with Crippen molar-refractivity contribution in [2.45, 2.75) is 6.54 Å². The Bertz CT molecular complexity index is 600. The number of rotatable bonds is 4. The minimum atomic E-state index is -0.506. The fourth-order valence-corrected chi connectivity index (χ4v) is 2.18. The number of carbonyl (C=O) groups is 1. The molecule has 0 unspecified atom stereocenters. The first-order valence-electron chi connectivity index (χ1n) is 5.43. The Labute approximate surface area is 123 Å². The molecule has 0 aliphatic carbocycles. The largest absolute Gasteiger partial charge is 0.464 e. The van der Waals surface area contributed by atoms with Gasteiger partial charge < -0.3 is 10.1 Å². The number of aromatic amines is 1. The van der Waals surface area contributed by atoms with Gasteiger partial charge in [-0.3, -0.25) is 5.10 Å². The van der Waals surface area contributed by atoms with Crippen molar-refractivity contribution in [1.29, 1.82) is 0 Å². The molecule has 0 atom stereocenters. The van der Waals surface area contributed by atoms with E-state index in [9.17, 15) is 4.79 Å². The van der Waals surface area contributed by atoms with E-state index in [0.29, 0.717) is 21.9 Å². The fourth-order valence-electron chi connectivity index (χ4n) is 1.50. The highest BCUT2D eigenvalue weighted by Crippen LogP contribution is 2.25. The van der Waals surface area contributed by atoms with E-state index in [1.165, 1.54) is 7.11 Å². The SMILES string of the molecule is COC(=O)c1n[nH]c(NCc2ccccc2Cl)c1Br. The number of methoxy groups -OCH3 is 1. The van der Waals surface area contributed by atoms with Crippen molar-refractivity contribution in [1.82, 2.24) is 10.2 Å². The molecule has 2 N–H and O–H groups in total. The van der Waals surface area contributed by atoms with Crippen molar-refractivity contribution >= 4 is 39.3 Å². The second-order valence-corrected chi connectivity index (χ2v) is 4.90. The lowest BCUT2D eigenvalue weighted by atomic mass is 10.2. The molecule has 0 fully saturated rings. The fraction of sp³-hybridized carbons (Fsp3) is 0.167. The van der Waals surface area contributed by atoms with Gasteiger partial charge in [-0.2, -0.15) is 5.10 Å². The summed E-state index contributed by atoms with van der Waals surface area (Å²) in [5.74, 6) is 0.0919. The summed E-state index contributed by atoms with van der Waals surface area (Å²) >= 11 is 9.35. The molecule has 7 heteroatoms. The van der Waals surface area contributed by atoms with Gasteiger partial charge in [0.15, 0.2) is 5.69 Å². The van der Waals surface area contributed by atoms with Gasteiger partial charge in [0, 0.05) is 11.6 Å². The summed E-state index contributed by atoms with van der Waals surface area (Å²) in [6.45, 7) is 0.515. The molecule has 19 heavy (non-hydrogen) atoms. The van der Waals surface area contributed by atoms with E-state index in [1.807, 2.05) is 24.3 Å². The van der Waals surface area contributed by atoms with Crippen LogP contribution in [-0.2, 0) is 11.3 Å². The van der Waals surface area contributed by atoms with Crippen molar-refractivity contribution < 1.29 is 9.53 Å². The van der Waals surface area contributed by atoms with Crippen LogP contribution in [0.15, 0.2) is 28.7 Å². The summed E-state index contributed by atoms with van der Waals surface area (Å²) in [6.07, 6.45) is 0. The molecular weight excluding hydrogens is 334 g/mol. The van der Waals surface area contributed by atoms with Crippen molar-refractivity contribution in [3.63, 3.8) is 0 Å². The molecule has 1 aromatic carbocycles. The number of aromatic nitrogens is 2. The van der Waals surface area contributed by atoms with Crippen LogP contribution in [0.25, 0.3) is 0 Å². The molecule has 0 saturated heterocycles. The Morgan fingerprint density at radius 1 is 1.53 bits per heavy atom. The van der Waals surface area contributed by atoms with Crippen LogP contribution in [0.5, 0.6) is 0 Å². The Morgan fingerprint density at radius 2 is 2.26 bits per heavy atom. The second-order valence-electron chi connectivity index (χ2n) is 3.70. The third-order valence-corrected chi connectivity index (χ3v) is 3.64. The molecule has 0 saturated carbocycles. The normalized spacial score (nSPS) is 10.3. The Balaban J connectivity index is 2.11. The number of ether oxygens (including phenoxy) is 1. The molecule has 1 heterocycles. The molecule has 0 aliphatic rings. The maximum atomic E-state index is 11.4. The van der Waals surface area contributed by atoms with Crippen LogP contribution >= 0.6 is 27.5 Å². The topological polar surface area (TPSA) is 67.0 Å². The van der Waals surface area contributed by atoms with E-state index in [-0.39, 0.29) is 5.69 Å². The van der Waals surface area contributed by atoms with Gasteiger partial charge in [-0.25, -0.2) is 4.79 Å². The highest BCUT2D eigenvalue weighted by atomic mass is 79.9. The predicted octanol–water partition coefficient (Wildman–Crippen LogP) is 3.22.